The van der Waals surface area contributed by atoms with Gasteiger partial charge in [0.05, 0.1) is 58.1 Å². The summed E-state index contributed by atoms with van der Waals surface area (Å²) in [7, 11) is 0. The van der Waals surface area contributed by atoms with Crippen molar-refractivity contribution in [3.63, 3.8) is 0 Å². The van der Waals surface area contributed by atoms with Crippen molar-refractivity contribution in [2.45, 2.75) is 38.8 Å². The van der Waals surface area contributed by atoms with Crippen LogP contribution >= 0.6 is 0 Å². The fourth-order valence-corrected chi connectivity index (χ4v) is 7.89. The minimum atomic E-state index is -0.909. The largest absolute Gasteiger partial charge is 0.481 e. The molecule has 70 heavy (non-hydrogen) atoms. The highest BCUT2D eigenvalue weighted by Crippen LogP contribution is 2.36. The summed E-state index contributed by atoms with van der Waals surface area (Å²) in [6.07, 6.45) is 10.1. The maximum atomic E-state index is 11.7. The summed E-state index contributed by atoms with van der Waals surface area (Å²) in [6, 6.07) is 47.6. The lowest BCUT2D eigenvalue weighted by Gasteiger charge is -2.15. The third kappa shape index (κ3) is 10.5. The Labute approximate surface area is 403 Å². The lowest BCUT2D eigenvalue weighted by atomic mass is 10.00. The number of anilines is 2. The molecule has 14 heteroatoms. The van der Waals surface area contributed by atoms with E-state index in [-0.39, 0.29) is 0 Å². The molecule has 10 aromatic rings. The topological polar surface area (TPSA) is 208 Å². The number of pyridine rings is 4. The van der Waals surface area contributed by atoms with Crippen LogP contribution in [-0.2, 0) is 22.7 Å². The fraction of sp³-hybridized carbons (Fsp3) is 0.107. The van der Waals surface area contributed by atoms with Gasteiger partial charge in [-0.3, -0.25) is 29.5 Å². The maximum Gasteiger partial charge on any atom is 0.310 e. The first-order valence-electron chi connectivity index (χ1n) is 22.6. The van der Waals surface area contributed by atoms with Crippen LogP contribution in [0.2, 0.25) is 0 Å². The highest BCUT2D eigenvalue weighted by Gasteiger charge is 2.20. The van der Waals surface area contributed by atoms with Gasteiger partial charge in [0.1, 0.15) is 11.6 Å². The highest BCUT2D eigenvalue weighted by molar-refractivity contribution is 6.03. The number of rotatable bonds is 14. The number of carbonyl (C=O) groups is 2. The van der Waals surface area contributed by atoms with E-state index in [1.165, 1.54) is 0 Å². The van der Waals surface area contributed by atoms with E-state index in [1.807, 2.05) is 103 Å². The van der Waals surface area contributed by atoms with Crippen molar-refractivity contribution in [1.29, 1.82) is 0 Å². The number of carboxylic acid groups (broad SMARTS) is 1. The molecule has 1 amide bonds. The lowest BCUT2D eigenvalue weighted by Crippen LogP contribution is -2.18. The van der Waals surface area contributed by atoms with Crippen molar-refractivity contribution in [3.05, 3.63) is 205 Å². The van der Waals surface area contributed by atoms with Crippen LogP contribution in [0.1, 0.15) is 48.2 Å². The van der Waals surface area contributed by atoms with Crippen LogP contribution < -0.4 is 16.4 Å². The Morgan fingerprint density at radius 2 is 0.957 bits per heavy atom. The van der Waals surface area contributed by atoms with Crippen LogP contribution in [0.4, 0.5) is 11.6 Å². The van der Waals surface area contributed by atoms with Gasteiger partial charge in [-0.1, -0.05) is 97.1 Å². The molecule has 6 aromatic heterocycles. The van der Waals surface area contributed by atoms with Gasteiger partial charge in [-0.15, -0.1) is 0 Å². The van der Waals surface area contributed by atoms with Crippen LogP contribution in [0.15, 0.2) is 183 Å². The van der Waals surface area contributed by atoms with Gasteiger partial charge in [0.2, 0.25) is 5.91 Å². The van der Waals surface area contributed by atoms with Crippen molar-refractivity contribution in [1.82, 2.24) is 39.9 Å². The Morgan fingerprint density at radius 3 is 1.37 bits per heavy atom. The molecule has 2 atom stereocenters. The number of aromatic nitrogens is 8. The van der Waals surface area contributed by atoms with Gasteiger partial charge in [0.25, 0.3) is 0 Å². The lowest BCUT2D eigenvalue weighted by molar-refractivity contribution is -0.138. The number of aliphatic carboxylic acids is 1. The molecule has 0 aliphatic carbocycles. The predicted octanol–water partition coefficient (Wildman–Crippen LogP) is 10.5. The van der Waals surface area contributed by atoms with Gasteiger partial charge in [0, 0.05) is 48.3 Å². The Morgan fingerprint density at radius 1 is 0.514 bits per heavy atom. The van der Waals surface area contributed by atoms with Crippen molar-refractivity contribution < 1.29 is 14.7 Å². The zero-order chi connectivity index (χ0) is 48.4. The summed E-state index contributed by atoms with van der Waals surface area (Å²) < 4.78 is 0. The number of hydrogen-bond donors (Lipinski definition) is 4. The monoisotopic (exact) mass is 921 g/mol. The predicted molar refractivity (Wildman–Crippen MR) is 273 cm³/mol. The summed E-state index contributed by atoms with van der Waals surface area (Å²) >= 11 is 0. The van der Waals surface area contributed by atoms with Crippen LogP contribution in [0.25, 0.3) is 66.8 Å². The summed E-state index contributed by atoms with van der Waals surface area (Å²) in [5.41, 5.74) is 15.7. The molecule has 6 heterocycles. The number of carbonyl (C=O) groups excluding carboxylic acids is 1. The zero-order valence-corrected chi connectivity index (χ0v) is 38.3. The fourth-order valence-electron chi connectivity index (χ4n) is 7.89. The molecular formula is C56H47N11O3. The van der Waals surface area contributed by atoms with Crippen LogP contribution in [0.5, 0.6) is 0 Å². The van der Waals surface area contributed by atoms with Crippen LogP contribution in [0, 0.1) is 0 Å². The third-order valence-electron chi connectivity index (χ3n) is 11.8. The SMILES string of the molecule is CC(C(=O)O)c1cncc(-c2nc(NCc3ccccn3)c3c(-c4ccccc4)cccc3n2)c1.CC(C(N)=O)c1cncc(-c2nc(NCc3ccccn3)c3c(-c4ccccc4)cccc3n2)c1. The number of hydrogen-bond acceptors (Lipinski definition) is 12. The van der Waals surface area contributed by atoms with E-state index in [9.17, 15) is 14.7 Å². The molecule has 4 aromatic carbocycles. The molecule has 0 bridgehead atoms. The number of primary amides is 1. The van der Waals surface area contributed by atoms with Crippen molar-refractivity contribution >= 4 is 45.3 Å². The summed E-state index contributed by atoms with van der Waals surface area (Å²) in [5.74, 6) is -0.114. The molecular weight excluding hydrogens is 875 g/mol. The standard InChI is InChI=1S/C28H24N6O.C28H23N5O2/c1-18(26(29)35)20-14-21(16-30-15-20)27-33-24-12-7-11-23(19-8-3-2-4-9-19)25(24)28(34-27)32-17-22-10-5-6-13-31-22;1-18(28(34)35)20-14-21(16-29-15-20)26-32-24-12-7-11-23(19-8-3-2-4-9-19)25(24)27(33-26)31-17-22-10-5-6-13-30-22/h2-16,18H,17H2,1H3,(H2,29,35)(H,32,33,34);2-16,18H,17H2,1H3,(H,34,35)(H,31,32,33). The van der Waals surface area contributed by atoms with E-state index < -0.39 is 23.7 Å². The number of nitrogens with one attached hydrogen (secondary N) is 2. The first-order valence-corrected chi connectivity index (χ1v) is 22.6. The van der Waals surface area contributed by atoms with Crippen molar-refractivity contribution in [2.75, 3.05) is 10.6 Å². The van der Waals surface area contributed by atoms with Crippen LogP contribution in [-0.4, -0.2) is 56.9 Å². The molecule has 0 saturated heterocycles. The van der Waals surface area contributed by atoms with E-state index in [2.05, 4.69) is 67.0 Å². The van der Waals surface area contributed by atoms with E-state index in [0.29, 0.717) is 53.1 Å². The zero-order valence-electron chi connectivity index (χ0n) is 38.3. The van der Waals surface area contributed by atoms with Crippen LogP contribution in [0.3, 0.4) is 0 Å². The highest BCUT2D eigenvalue weighted by atomic mass is 16.4. The molecule has 10 rings (SSSR count). The van der Waals surface area contributed by atoms with E-state index in [0.717, 1.165) is 61.0 Å². The van der Waals surface area contributed by atoms with Gasteiger partial charge >= 0.3 is 5.97 Å². The minimum Gasteiger partial charge on any atom is -0.481 e. The molecule has 0 fully saturated rings. The summed E-state index contributed by atoms with van der Waals surface area (Å²) in [4.78, 5) is 60.1. The second kappa shape index (κ2) is 21.1. The summed E-state index contributed by atoms with van der Waals surface area (Å²) in [5, 5.41) is 18.2. The van der Waals surface area contributed by atoms with Gasteiger partial charge < -0.3 is 21.5 Å². The Kier molecular flexibility index (Phi) is 13.8. The Bertz CT molecular complexity index is 3210. The smallest absolute Gasteiger partial charge is 0.310 e. The number of amides is 1. The molecule has 5 N–H and O–H groups in total. The number of nitrogens with zero attached hydrogens (tertiary/aromatic N) is 8. The molecule has 0 aliphatic heterocycles. The number of benzene rings is 4. The average molecular weight is 922 g/mol. The van der Waals surface area contributed by atoms with Crippen molar-refractivity contribution in [2.24, 2.45) is 5.73 Å². The molecule has 0 aliphatic rings. The number of nitrogens with two attached hydrogens (primary N) is 1. The molecule has 344 valence electrons. The third-order valence-corrected chi connectivity index (χ3v) is 11.8. The van der Waals surface area contributed by atoms with E-state index >= 15 is 0 Å². The summed E-state index contributed by atoms with van der Waals surface area (Å²) in [6.45, 7) is 4.39. The van der Waals surface area contributed by atoms with Gasteiger partial charge in [-0.2, -0.15) is 0 Å². The number of fused-ring (bicyclic) bond motifs is 2. The molecule has 2 unspecified atom stereocenters. The molecule has 0 radical (unpaired) electrons. The second-order valence-electron chi connectivity index (χ2n) is 16.5. The van der Waals surface area contributed by atoms with Crippen molar-refractivity contribution in [3.8, 4) is 45.0 Å². The van der Waals surface area contributed by atoms with Gasteiger partial charge in [-0.05, 0) is 95.8 Å². The first-order chi connectivity index (χ1) is 34.2. The normalized spacial score (nSPS) is 11.8. The minimum absolute atomic E-state index is 0.409. The molecule has 14 nitrogen and oxygen atoms in total. The Hall–Kier alpha value is -9.30. The maximum absolute atomic E-state index is 11.7. The second-order valence-corrected chi connectivity index (χ2v) is 16.5. The quantitative estimate of drug-likeness (QED) is 0.0802. The molecule has 0 spiro atoms. The molecule has 0 saturated carbocycles. The first kappa shape index (κ1) is 45.8. The van der Waals surface area contributed by atoms with E-state index in [4.69, 9.17) is 25.7 Å². The van der Waals surface area contributed by atoms with Gasteiger partial charge in [-0.25, -0.2) is 19.9 Å². The average Bonchev–Trinajstić information content (AvgIpc) is 3.42. The number of carboxylic acids is 1. The van der Waals surface area contributed by atoms with E-state index in [1.54, 1.807) is 57.1 Å². The van der Waals surface area contributed by atoms with Gasteiger partial charge in [0.15, 0.2) is 11.6 Å². The Balaban J connectivity index is 0.000000174.